The second-order valence-corrected chi connectivity index (χ2v) is 7.98. The van der Waals surface area contributed by atoms with Gasteiger partial charge in [-0.25, -0.2) is 4.72 Å². The molecule has 0 unspecified atom stereocenters. The summed E-state index contributed by atoms with van der Waals surface area (Å²) in [6, 6.07) is 12.0. The molecule has 0 heterocycles. The SMILES string of the molecule is CCNS(=O)(=O)N(C)CCC(=O)O.COC1CCCCC1.c1ccccc1. The molecule has 156 valence electrons. The third-order valence-corrected chi connectivity index (χ3v) is 5.59. The van der Waals surface area contributed by atoms with Gasteiger partial charge in [0.15, 0.2) is 0 Å². The van der Waals surface area contributed by atoms with Crippen molar-refractivity contribution >= 4 is 16.2 Å². The maximum Gasteiger partial charge on any atom is 0.304 e. The Labute approximate surface area is 163 Å². The highest BCUT2D eigenvalue weighted by Crippen LogP contribution is 2.19. The summed E-state index contributed by atoms with van der Waals surface area (Å²) in [5.41, 5.74) is 0. The molecule has 0 bridgehead atoms. The Balaban J connectivity index is 0.000000407. The van der Waals surface area contributed by atoms with Crippen molar-refractivity contribution in [3.05, 3.63) is 36.4 Å². The van der Waals surface area contributed by atoms with E-state index >= 15 is 0 Å². The Morgan fingerprint density at radius 2 is 1.59 bits per heavy atom. The maximum absolute atomic E-state index is 11.2. The van der Waals surface area contributed by atoms with Crippen LogP contribution >= 0.6 is 0 Å². The molecule has 1 aromatic carbocycles. The van der Waals surface area contributed by atoms with Gasteiger partial charge in [-0.3, -0.25) is 4.79 Å². The second-order valence-electron chi connectivity index (χ2n) is 6.12. The fraction of sp³-hybridized carbons (Fsp3) is 0.632. The monoisotopic (exact) mass is 402 g/mol. The predicted molar refractivity (Wildman–Crippen MR) is 108 cm³/mol. The van der Waals surface area contributed by atoms with Crippen LogP contribution in [0.3, 0.4) is 0 Å². The molecule has 1 aliphatic carbocycles. The Morgan fingerprint density at radius 3 is 1.93 bits per heavy atom. The first kappa shape index (κ1) is 25.5. The highest BCUT2D eigenvalue weighted by atomic mass is 32.2. The average molecular weight is 403 g/mol. The van der Waals surface area contributed by atoms with E-state index < -0.39 is 16.2 Å². The van der Waals surface area contributed by atoms with Gasteiger partial charge in [-0.1, -0.05) is 62.6 Å². The highest BCUT2D eigenvalue weighted by Gasteiger charge is 2.16. The van der Waals surface area contributed by atoms with Gasteiger partial charge in [0, 0.05) is 27.2 Å². The molecule has 1 aromatic rings. The fourth-order valence-corrected chi connectivity index (χ4v) is 3.27. The summed E-state index contributed by atoms with van der Waals surface area (Å²) in [5.74, 6) is -1.02. The largest absolute Gasteiger partial charge is 0.481 e. The van der Waals surface area contributed by atoms with Crippen LogP contribution in [0.1, 0.15) is 45.4 Å². The number of rotatable bonds is 7. The summed E-state index contributed by atoms with van der Waals surface area (Å²) in [7, 11) is -0.336. The van der Waals surface area contributed by atoms with Crippen LogP contribution in [0.2, 0.25) is 0 Å². The first-order valence-electron chi connectivity index (χ1n) is 9.29. The number of carbonyl (C=O) groups is 1. The van der Waals surface area contributed by atoms with E-state index in [2.05, 4.69) is 4.72 Å². The molecule has 27 heavy (non-hydrogen) atoms. The van der Waals surface area contributed by atoms with Crippen molar-refractivity contribution in [1.29, 1.82) is 0 Å². The first-order chi connectivity index (χ1) is 12.8. The van der Waals surface area contributed by atoms with Gasteiger partial charge >= 0.3 is 5.97 Å². The minimum atomic E-state index is -3.49. The molecule has 8 heteroatoms. The van der Waals surface area contributed by atoms with E-state index in [1.165, 1.54) is 39.2 Å². The smallest absolute Gasteiger partial charge is 0.304 e. The van der Waals surface area contributed by atoms with Gasteiger partial charge in [0.25, 0.3) is 10.2 Å². The van der Waals surface area contributed by atoms with E-state index in [4.69, 9.17) is 9.84 Å². The molecule has 7 nitrogen and oxygen atoms in total. The molecule has 1 saturated carbocycles. The van der Waals surface area contributed by atoms with Gasteiger partial charge in [-0.2, -0.15) is 12.7 Å². The zero-order valence-electron chi connectivity index (χ0n) is 16.6. The van der Waals surface area contributed by atoms with E-state index in [-0.39, 0.29) is 13.0 Å². The number of nitrogens with zero attached hydrogens (tertiary/aromatic N) is 1. The Bertz CT molecular complexity index is 548. The molecule has 0 amide bonds. The molecular formula is C19H34N2O5S. The second kappa shape index (κ2) is 15.6. The quantitative estimate of drug-likeness (QED) is 0.731. The van der Waals surface area contributed by atoms with Crippen LogP contribution in [0.15, 0.2) is 36.4 Å². The van der Waals surface area contributed by atoms with Crippen molar-refractivity contribution in [3.63, 3.8) is 0 Å². The van der Waals surface area contributed by atoms with Crippen LogP contribution in [0, 0.1) is 0 Å². The van der Waals surface area contributed by atoms with Crippen molar-refractivity contribution in [2.75, 3.05) is 27.2 Å². The molecule has 0 aromatic heterocycles. The number of carboxylic acids is 1. The van der Waals surface area contributed by atoms with Crippen LogP contribution in [0.25, 0.3) is 0 Å². The van der Waals surface area contributed by atoms with Crippen LogP contribution in [0.5, 0.6) is 0 Å². The number of nitrogens with one attached hydrogen (secondary N) is 1. The summed E-state index contributed by atoms with van der Waals surface area (Å²) in [5, 5.41) is 8.32. The molecule has 0 atom stereocenters. The van der Waals surface area contributed by atoms with Gasteiger partial charge in [-0.05, 0) is 12.8 Å². The lowest BCUT2D eigenvalue weighted by Gasteiger charge is -2.19. The molecule has 0 saturated heterocycles. The van der Waals surface area contributed by atoms with E-state index in [1.54, 1.807) is 6.92 Å². The van der Waals surface area contributed by atoms with E-state index in [1.807, 2.05) is 43.5 Å². The van der Waals surface area contributed by atoms with Gasteiger partial charge in [0.2, 0.25) is 0 Å². The number of hydrogen-bond acceptors (Lipinski definition) is 4. The molecule has 1 aliphatic rings. The molecular weight excluding hydrogens is 368 g/mol. The zero-order valence-corrected chi connectivity index (χ0v) is 17.5. The van der Waals surface area contributed by atoms with Gasteiger partial charge in [-0.15, -0.1) is 0 Å². The molecule has 0 aliphatic heterocycles. The minimum Gasteiger partial charge on any atom is -0.481 e. The maximum atomic E-state index is 11.2. The van der Waals surface area contributed by atoms with Crippen molar-refractivity contribution in [1.82, 2.24) is 9.03 Å². The summed E-state index contributed by atoms with van der Waals surface area (Å²) in [6.07, 6.45) is 7.13. The number of methoxy groups -OCH3 is 1. The van der Waals surface area contributed by atoms with E-state index in [0.717, 1.165) is 4.31 Å². The lowest BCUT2D eigenvalue weighted by molar-refractivity contribution is -0.137. The van der Waals surface area contributed by atoms with Crippen molar-refractivity contribution in [2.24, 2.45) is 0 Å². The number of aliphatic carboxylic acids is 1. The molecule has 2 rings (SSSR count). The highest BCUT2D eigenvalue weighted by molar-refractivity contribution is 7.87. The lowest BCUT2D eigenvalue weighted by atomic mass is 9.98. The zero-order chi connectivity index (χ0) is 20.5. The summed E-state index contributed by atoms with van der Waals surface area (Å²) in [4.78, 5) is 10.1. The molecule has 0 radical (unpaired) electrons. The van der Waals surface area contributed by atoms with Crippen LogP contribution in [-0.2, 0) is 19.7 Å². The predicted octanol–water partition coefficient (Wildman–Crippen LogP) is 2.90. The third-order valence-electron chi connectivity index (χ3n) is 3.93. The minimum absolute atomic E-state index is 0.0231. The Kier molecular flexibility index (Phi) is 14.7. The van der Waals surface area contributed by atoms with Gasteiger partial charge in [0.05, 0.1) is 12.5 Å². The summed E-state index contributed by atoms with van der Waals surface area (Å²) < 4.78 is 30.7. The lowest BCUT2D eigenvalue weighted by Crippen LogP contribution is -2.39. The number of hydrogen-bond donors (Lipinski definition) is 2. The molecule has 0 spiro atoms. The Hall–Kier alpha value is -1.48. The molecule has 2 N–H and O–H groups in total. The van der Waals surface area contributed by atoms with E-state index in [9.17, 15) is 13.2 Å². The normalized spacial score (nSPS) is 14.5. The van der Waals surface area contributed by atoms with Gasteiger partial charge < -0.3 is 9.84 Å². The standard InChI is InChI=1S/C7H14O.C6H14N2O4S.C6H6/c1-8-7-5-3-2-4-6-7;1-3-7-13(11,12)8(2)5-4-6(9)10;1-2-4-6-5-3-1/h7H,2-6H2,1H3;7H,3-5H2,1-2H3,(H,9,10);1-6H. The van der Waals surface area contributed by atoms with E-state index in [0.29, 0.717) is 12.6 Å². The van der Waals surface area contributed by atoms with Crippen molar-refractivity contribution in [2.45, 2.75) is 51.6 Å². The molecule has 1 fully saturated rings. The topological polar surface area (TPSA) is 95.9 Å². The van der Waals surface area contributed by atoms with Crippen LogP contribution < -0.4 is 4.72 Å². The Morgan fingerprint density at radius 1 is 1.11 bits per heavy atom. The number of carboxylic acid groups (broad SMARTS) is 1. The fourth-order valence-electron chi connectivity index (χ4n) is 2.35. The first-order valence-corrected chi connectivity index (χ1v) is 10.7. The van der Waals surface area contributed by atoms with Crippen molar-refractivity contribution < 1.29 is 23.1 Å². The summed E-state index contributed by atoms with van der Waals surface area (Å²) >= 11 is 0. The third kappa shape index (κ3) is 14.3. The van der Waals surface area contributed by atoms with Gasteiger partial charge in [0.1, 0.15) is 0 Å². The summed E-state index contributed by atoms with van der Waals surface area (Å²) in [6.45, 7) is 1.92. The van der Waals surface area contributed by atoms with Crippen LogP contribution in [0.4, 0.5) is 0 Å². The van der Waals surface area contributed by atoms with Crippen LogP contribution in [-0.4, -0.2) is 57.1 Å². The number of benzene rings is 1. The van der Waals surface area contributed by atoms with Crippen molar-refractivity contribution in [3.8, 4) is 0 Å². The number of ether oxygens (including phenoxy) is 1. The average Bonchev–Trinajstić information content (AvgIpc) is 2.69.